The van der Waals surface area contributed by atoms with Crippen molar-refractivity contribution in [3.8, 4) is 0 Å². The standard InChI is InChI=1S/C12H12BrF2NO2/c13-7-4-9(14)11(10(15)5-7)12(18)16-3-1-2-8(16)6-17/h4-5,8,17H,1-3,6H2/t8-/m0/s1. The van der Waals surface area contributed by atoms with Crippen LogP contribution < -0.4 is 0 Å². The molecule has 0 radical (unpaired) electrons. The highest BCUT2D eigenvalue weighted by Gasteiger charge is 2.32. The fourth-order valence-electron chi connectivity index (χ4n) is 2.18. The zero-order valence-electron chi connectivity index (χ0n) is 9.50. The van der Waals surface area contributed by atoms with Gasteiger partial charge in [0.1, 0.15) is 17.2 Å². The van der Waals surface area contributed by atoms with Crippen LogP contribution in [0.1, 0.15) is 23.2 Å². The number of aliphatic hydroxyl groups excluding tert-OH is 1. The van der Waals surface area contributed by atoms with Gasteiger partial charge in [-0.05, 0) is 25.0 Å². The van der Waals surface area contributed by atoms with Crippen molar-refractivity contribution < 1.29 is 18.7 Å². The second-order valence-corrected chi connectivity index (χ2v) is 5.14. The highest BCUT2D eigenvalue weighted by Crippen LogP contribution is 2.24. The summed E-state index contributed by atoms with van der Waals surface area (Å²) in [5.74, 6) is -2.49. The molecule has 6 heteroatoms. The number of aliphatic hydroxyl groups is 1. The molecule has 0 unspecified atom stereocenters. The summed E-state index contributed by atoms with van der Waals surface area (Å²) in [4.78, 5) is 13.4. The van der Waals surface area contributed by atoms with E-state index in [1.54, 1.807) is 0 Å². The van der Waals surface area contributed by atoms with E-state index in [0.29, 0.717) is 13.0 Å². The van der Waals surface area contributed by atoms with E-state index in [0.717, 1.165) is 18.6 Å². The van der Waals surface area contributed by atoms with E-state index in [-0.39, 0.29) is 17.1 Å². The molecule has 0 spiro atoms. The summed E-state index contributed by atoms with van der Waals surface area (Å²) in [6.07, 6.45) is 1.39. The van der Waals surface area contributed by atoms with Gasteiger partial charge in [-0.25, -0.2) is 8.78 Å². The van der Waals surface area contributed by atoms with Crippen molar-refractivity contribution in [3.05, 3.63) is 33.8 Å². The van der Waals surface area contributed by atoms with Crippen LogP contribution in [0, 0.1) is 11.6 Å². The van der Waals surface area contributed by atoms with E-state index < -0.39 is 23.1 Å². The normalized spacial score (nSPS) is 19.3. The van der Waals surface area contributed by atoms with Gasteiger partial charge in [0.25, 0.3) is 5.91 Å². The number of carbonyl (C=O) groups excluding carboxylic acids is 1. The van der Waals surface area contributed by atoms with Gasteiger partial charge in [0.2, 0.25) is 0 Å². The topological polar surface area (TPSA) is 40.5 Å². The molecule has 1 aliphatic rings. The first-order valence-corrected chi connectivity index (χ1v) is 6.40. The summed E-state index contributed by atoms with van der Waals surface area (Å²) in [6.45, 7) is 0.227. The maximum absolute atomic E-state index is 13.7. The van der Waals surface area contributed by atoms with Crippen molar-refractivity contribution in [2.45, 2.75) is 18.9 Å². The quantitative estimate of drug-likeness (QED) is 0.909. The zero-order chi connectivity index (χ0) is 13.3. The monoisotopic (exact) mass is 319 g/mol. The van der Waals surface area contributed by atoms with Gasteiger partial charge in [0.15, 0.2) is 0 Å². The van der Waals surface area contributed by atoms with Crippen LogP contribution in [0.25, 0.3) is 0 Å². The molecule has 1 N–H and O–H groups in total. The lowest BCUT2D eigenvalue weighted by Crippen LogP contribution is -2.38. The average molecular weight is 320 g/mol. The Morgan fingerprint density at radius 3 is 2.61 bits per heavy atom. The second-order valence-electron chi connectivity index (χ2n) is 4.22. The lowest BCUT2D eigenvalue weighted by molar-refractivity contribution is 0.0668. The molecule has 0 bridgehead atoms. The molecule has 1 amide bonds. The average Bonchev–Trinajstić information content (AvgIpc) is 2.75. The van der Waals surface area contributed by atoms with Gasteiger partial charge >= 0.3 is 0 Å². The van der Waals surface area contributed by atoms with Crippen LogP contribution >= 0.6 is 15.9 Å². The molecule has 1 heterocycles. The summed E-state index contributed by atoms with van der Waals surface area (Å²) < 4.78 is 27.6. The number of halogens is 3. The highest BCUT2D eigenvalue weighted by atomic mass is 79.9. The molecular weight excluding hydrogens is 308 g/mol. The number of hydrogen-bond acceptors (Lipinski definition) is 2. The predicted molar refractivity (Wildman–Crippen MR) is 65.2 cm³/mol. The minimum Gasteiger partial charge on any atom is -0.394 e. The molecule has 0 saturated carbocycles. The van der Waals surface area contributed by atoms with Gasteiger partial charge in [0.05, 0.1) is 12.6 Å². The van der Waals surface area contributed by atoms with E-state index >= 15 is 0 Å². The molecule has 3 nitrogen and oxygen atoms in total. The Balaban J connectivity index is 2.34. The lowest BCUT2D eigenvalue weighted by atomic mass is 10.1. The number of nitrogens with zero attached hydrogens (tertiary/aromatic N) is 1. The minimum absolute atomic E-state index is 0.189. The fourth-order valence-corrected chi connectivity index (χ4v) is 2.58. The maximum atomic E-state index is 13.7. The van der Waals surface area contributed by atoms with Crippen molar-refractivity contribution in [3.63, 3.8) is 0 Å². The molecule has 1 aromatic carbocycles. The lowest BCUT2D eigenvalue weighted by Gasteiger charge is -2.23. The molecule has 98 valence electrons. The third-order valence-corrected chi connectivity index (χ3v) is 3.53. The number of hydrogen-bond donors (Lipinski definition) is 1. The Morgan fingerprint density at radius 2 is 2.06 bits per heavy atom. The minimum atomic E-state index is -0.893. The Labute approximate surface area is 112 Å². The molecular formula is C12H12BrF2NO2. The molecule has 1 atom stereocenters. The van der Waals surface area contributed by atoms with E-state index in [9.17, 15) is 13.6 Å². The Morgan fingerprint density at radius 1 is 1.44 bits per heavy atom. The number of carbonyl (C=O) groups is 1. The van der Waals surface area contributed by atoms with Gasteiger partial charge in [-0.1, -0.05) is 15.9 Å². The SMILES string of the molecule is O=C(c1c(F)cc(Br)cc1F)N1CCC[C@H]1CO. The number of likely N-dealkylation sites (tertiary alicyclic amines) is 1. The third kappa shape index (κ3) is 2.40. The summed E-state index contributed by atoms with van der Waals surface area (Å²) >= 11 is 2.96. The van der Waals surface area contributed by atoms with Crippen LogP contribution in [0.4, 0.5) is 8.78 Å². The van der Waals surface area contributed by atoms with Gasteiger partial charge in [0, 0.05) is 11.0 Å². The van der Waals surface area contributed by atoms with Crippen molar-refractivity contribution in [2.75, 3.05) is 13.2 Å². The first-order chi connectivity index (χ1) is 8.54. The molecule has 18 heavy (non-hydrogen) atoms. The van der Waals surface area contributed by atoms with Crippen molar-refractivity contribution in [2.24, 2.45) is 0 Å². The Kier molecular flexibility index (Phi) is 3.97. The van der Waals surface area contributed by atoms with Crippen LogP contribution in [0.2, 0.25) is 0 Å². The second kappa shape index (κ2) is 5.32. The number of amides is 1. The van der Waals surface area contributed by atoms with Crippen LogP contribution in [0.5, 0.6) is 0 Å². The van der Waals surface area contributed by atoms with Crippen molar-refractivity contribution in [1.82, 2.24) is 4.90 Å². The van der Waals surface area contributed by atoms with Crippen LogP contribution in [-0.2, 0) is 0 Å². The zero-order valence-corrected chi connectivity index (χ0v) is 11.1. The maximum Gasteiger partial charge on any atom is 0.260 e. The number of rotatable bonds is 2. The third-order valence-electron chi connectivity index (χ3n) is 3.07. The highest BCUT2D eigenvalue weighted by molar-refractivity contribution is 9.10. The first-order valence-electron chi connectivity index (χ1n) is 5.61. The summed E-state index contributed by atoms with van der Waals surface area (Å²) in [5.41, 5.74) is -0.557. The summed E-state index contributed by atoms with van der Waals surface area (Å²) in [7, 11) is 0. The smallest absolute Gasteiger partial charge is 0.260 e. The molecule has 1 aliphatic heterocycles. The largest absolute Gasteiger partial charge is 0.394 e. The molecule has 1 aromatic rings. The first kappa shape index (κ1) is 13.4. The van der Waals surface area contributed by atoms with E-state index in [1.807, 2.05) is 0 Å². The fraction of sp³-hybridized carbons (Fsp3) is 0.417. The van der Waals surface area contributed by atoms with Crippen LogP contribution in [-0.4, -0.2) is 35.1 Å². The van der Waals surface area contributed by atoms with Gasteiger partial charge < -0.3 is 10.0 Å². The predicted octanol–water partition coefficient (Wildman–Crippen LogP) is 2.32. The summed E-state index contributed by atoms with van der Waals surface area (Å²) in [6, 6.07) is 1.76. The molecule has 2 rings (SSSR count). The Bertz CT molecular complexity index is 458. The molecule has 1 saturated heterocycles. The summed E-state index contributed by atoms with van der Waals surface area (Å²) in [5, 5.41) is 9.13. The number of benzene rings is 1. The molecule has 0 aromatic heterocycles. The van der Waals surface area contributed by atoms with Crippen LogP contribution in [0.15, 0.2) is 16.6 Å². The van der Waals surface area contributed by atoms with E-state index in [1.165, 1.54) is 4.90 Å². The van der Waals surface area contributed by atoms with E-state index in [4.69, 9.17) is 5.11 Å². The van der Waals surface area contributed by atoms with Gasteiger partial charge in [-0.2, -0.15) is 0 Å². The molecule has 1 fully saturated rings. The van der Waals surface area contributed by atoms with E-state index in [2.05, 4.69) is 15.9 Å². The van der Waals surface area contributed by atoms with Gasteiger partial charge in [-0.15, -0.1) is 0 Å². The van der Waals surface area contributed by atoms with Crippen molar-refractivity contribution >= 4 is 21.8 Å². The van der Waals surface area contributed by atoms with Gasteiger partial charge in [-0.3, -0.25) is 4.79 Å². The Hall–Kier alpha value is -1.01. The van der Waals surface area contributed by atoms with Crippen molar-refractivity contribution in [1.29, 1.82) is 0 Å². The molecule has 0 aliphatic carbocycles. The van der Waals surface area contributed by atoms with Crippen LogP contribution in [0.3, 0.4) is 0 Å².